The molecular formula is C18H17ClN4O4. The third kappa shape index (κ3) is 4.12. The molecule has 0 bridgehead atoms. The van der Waals surface area contributed by atoms with Crippen LogP contribution >= 0.6 is 11.6 Å². The van der Waals surface area contributed by atoms with Crippen molar-refractivity contribution in [2.24, 2.45) is 0 Å². The summed E-state index contributed by atoms with van der Waals surface area (Å²) >= 11 is 6.17. The number of amides is 1. The van der Waals surface area contributed by atoms with Crippen LogP contribution in [0.1, 0.15) is 18.5 Å². The van der Waals surface area contributed by atoms with E-state index in [4.69, 9.17) is 21.4 Å². The molecule has 140 valence electrons. The lowest BCUT2D eigenvalue weighted by molar-refractivity contribution is 0.210. The van der Waals surface area contributed by atoms with Gasteiger partial charge in [0, 0.05) is 35.0 Å². The first-order valence-corrected chi connectivity index (χ1v) is 8.38. The largest absolute Gasteiger partial charge is 0.495 e. The molecule has 27 heavy (non-hydrogen) atoms. The highest BCUT2D eigenvalue weighted by molar-refractivity contribution is 6.32. The molecule has 0 aliphatic heterocycles. The third-order valence-electron chi connectivity index (χ3n) is 3.99. The molecule has 8 nitrogen and oxygen atoms in total. The highest BCUT2D eigenvalue weighted by Gasteiger charge is 2.14. The first kappa shape index (κ1) is 18.5. The zero-order valence-corrected chi connectivity index (χ0v) is 15.3. The molecular weight excluding hydrogens is 372 g/mol. The molecule has 0 spiro atoms. The van der Waals surface area contributed by atoms with Crippen molar-refractivity contribution in [1.82, 2.24) is 9.97 Å². The quantitative estimate of drug-likeness (QED) is 0.527. The fourth-order valence-electron chi connectivity index (χ4n) is 2.71. The maximum absolute atomic E-state index is 12.5. The number of H-pyrrole nitrogens is 1. The average molecular weight is 389 g/mol. The average Bonchev–Trinajstić information content (AvgIpc) is 2.60. The molecule has 0 aliphatic carbocycles. The van der Waals surface area contributed by atoms with E-state index in [0.29, 0.717) is 33.4 Å². The summed E-state index contributed by atoms with van der Waals surface area (Å²) < 4.78 is 5.17. The molecule has 2 aromatic heterocycles. The van der Waals surface area contributed by atoms with Crippen LogP contribution in [0.25, 0.3) is 10.9 Å². The molecule has 9 heteroatoms. The normalized spacial score (nSPS) is 11.8. The zero-order valence-electron chi connectivity index (χ0n) is 14.5. The zero-order chi connectivity index (χ0) is 19.6. The topological polar surface area (TPSA) is 116 Å². The number of ether oxygens (including phenoxy) is 1. The number of fused-ring (bicyclic) bond motifs is 1. The summed E-state index contributed by atoms with van der Waals surface area (Å²) in [6, 6.07) is 7.83. The lowest BCUT2D eigenvalue weighted by atomic mass is 10.1. The second kappa shape index (κ2) is 7.55. The molecule has 1 atom stereocenters. The lowest BCUT2D eigenvalue weighted by Gasteiger charge is -2.16. The van der Waals surface area contributed by atoms with Crippen molar-refractivity contribution in [3.05, 3.63) is 57.5 Å². The number of rotatable bonds is 5. The second-order valence-corrected chi connectivity index (χ2v) is 6.26. The molecule has 0 saturated carbocycles. The number of nitrogens with zero attached hydrogens (tertiary/aromatic N) is 1. The summed E-state index contributed by atoms with van der Waals surface area (Å²) in [6.45, 7) is 1.81. The van der Waals surface area contributed by atoms with Crippen molar-refractivity contribution in [2.75, 3.05) is 17.7 Å². The van der Waals surface area contributed by atoms with Crippen LogP contribution in [-0.4, -0.2) is 28.3 Å². The molecule has 4 N–H and O–H groups in total. The highest BCUT2D eigenvalue weighted by Crippen LogP contribution is 2.29. The number of hydrogen-bond acceptors (Lipinski definition) is 5. The van der Waals surface area contributed by atoms with Crippen molar-refractivity contribution in [3.8, 4) is 5.75 Å². The fraction of sp³-hybridized carbons (Fsp3) is 0.167. The second-order valence-electron chi connectivity index (χ2n) is 5.85. The van der Waals surface area contributed by atoms with Crippen LogP contribution in [0.15, 0.2) is 41.3 Å². The number of carbonyl (C=O) groups is 1. The number of hydrogen-bond donors (Lipinski definition) is 4. The Kier molecular flexibility index (Phi) is 5.18. The SMILES string of the molecule is COc1cc2[nH]c(=O)c([C@H](C)Nc3cc(NC(=O)O)ccn3)cc2cc1Cl. The predicted octanol–water partition coefficient (Wildman–Crippen LogP) is 3.85. The van der Waals surface area contributed by atoms with Crippen LogP contribution in [0.4, 0.5) is 16.3 Å². The van der Waals surface area contributed by atoms with Gasteiger partial charge >= 0.3 is 6.09 Å². The van der Waals surface area contributed by atoms with Crippen LogP contribution in [0.2, 0.25) is 5.02 Å². The van der Waals surface area contributed by atoms with E-state index < -0.39 is 6.09 Å². The number of anilines is 2. The molecule has 0 saturated heterocycles. The maximum Gasteiger partial charge on any atom is 0.409 e. The number of aromatic amines is 1. The number of carboxylic acid groups (broad SMARTS) is 1. The maximum atomic E-state index is 12.5. The van der Waals surface area contributed by atoms with E-state index in [2.05, 4.69) is 20.6 Å². The van der Waals surface area contributed by atoms with E-state index in [1.165, 1.54) is 19.4 Å². The van der Waals surface area contributed by atoms with Crippen molar-refractivity contribution in [1.29, 1.82) is 0 Å². The molecule has 0 unspecified atom stereocenters. The van der Waals surface area contributed by atoms with Gasteiger partial charge in [-0.15, -0.1) is 0 Å². The van der Waals surface area contributed by atoms with Gasteiger partial charge in [-0.25, -0.2) is 9.78 Å². The number of halogens is 1. The van der Waals surface area contributed by atoms with Gasteiger partial charge in [0.2, 0.25) is 0 Å². The van der Waals surface area contributed by atoms with Crippen LogP contribution < -0.4 is 20.9 Å². The third-order valence-corrected chi connectivity index (χ3v) is 4.28. The van der Waals surface area contributed by atoms with Gasteiger partial charge in [0.05, 0.1) is 23.7 Å². The van der Waals surface area contributed by atoms with Crippen molar-refractivity contribution < 1.29 is 14.6 Å². The summed E-state index contributed by atoms with van der Waals surface area (Å²) in [7, 11) is 1.51. The van der Waals surface area contributed by atoms with Gasteiger partial charge < -0.3 is 20.1 Å². The van der Waals surface area contributed by atoms with Crippen molar-refractivity contribution in [2.45, 2.75) is 13.0 Å². The standard InChI is InChI=1S/C18H17ClN4O4/c1-9(21-16-7-11(3-4-20-16)22-18(25)26)12-5-10-6-13(19)15(27-2)8-14(10)23-17(12)24/h3-9H,1-2H3,(H,23,24)(H,25,26)(H2,20,21,22)/t9-/m0/s1. The minimum absolute atomic E-state index is 0.258. The molecule has 1 aromatic carbocycles. The summed E-state index contributed by atoms with van der Waals surface area (Å²) in [4.78, 5) is 30.2. The minimum Gasteiger partial charge on any atom is -0.495 e. The number of pyridine rings is 2. The molecule has 0 aliphatic rings. The molecule has 3 rings (SSSR count). The van der Waals surface area contributed by atoms with Gasteiger partial charge in [-0.3, -0.25) is 10.1 Å². The number of aromatic nitrogens is 2. The molecule has 2 heterocycles. The van der Waals surface area contributed by atoms with Gasteiger partial charge in [0.15, 0.2) is 0 Å². The Labute approximate surface area is 159 Å². The van der Waals surface area contributed by atoms with E-state index in [1.807, 2.05) is 0 Å². The van der Waals surface area contributed by atoms with Crippen LogP contribution in [0.3, 0.4) is 0 Å². The Balaban J connectivity index is 1.91. The van der Waals surface area contributed by atoms with Gasteiger partial charge in [-0.1, -0.05) is 11.6 Å². The van der Waals surface area contributed by atoms with E-state index in [-0.39, 0.29) is 11.6 Å². The van der Waals surface area contributed by atoms with Crippen LogP contribution in [-0.2, 0) is 0 Å². The van der Waals surface area contributed by atoms with E-state index in [9.17, 15) is 9.59 Å². The molecule has 3 aromatic rings. The number of nitrogens with one attached hydrogen (secondary N) is 3. The Hall–Kier alpha value is -3.26. The monoisotopic (exact) mass is 388 g/mol. The summed E-state index contributed by atoms with van der Waals surface area (Å²) in [5, 5.41) is 15.3. The molecule has 1 amide bonds. The summed E-state index contributed by atoms with van der Waals surface area (Å²) in [5.74, 6) is 0.909. The van der Waals surface area contributed by atoms with Gasteiger partial charge in [-0.2, -0.15) is 0 Å². The predicted molar refractivity (Wildman–Crippen MR) is 104 cm³/mol. The number of methoxy groups -OCH3 is 1. The van der Waals surface area contributed by atoms with E-state index in [0.717, 1.165) is 5.39 Å². The lowest BCUT2D eigenvalue weighted by Crippen LogP contribution is -2.20. The summed E-state index contributed by atoms with van der Waals surface area (Å²) in [5.41, 5.74) is 1.22. The van der Waals surface area contributed by atoms with Crippen molar-refractivity contribution in [3.63, 3.8) is 0 Å². The first-order valence-electron chi connectivity index (χ1n) is 8.00. The highest BCUT2D eigenvalue weighted by atomic mass is 35.5. The Bertz CT molecular complexity index is 1070. The van der Waals surface area contributed by atoms with Gasteiger partial charge in [0.25, 0.3) is 5.56 Å². The van der Waals surface area contributed by atoms with Crippen LogP contribution in [0.5, 0.6) is 5.75 Å². The van der Waals surface area contributed by atoms with Crippen LogP contribution in [0, 0.1) is 0 Å². The molecule has 0 radical (unpaired) electrons. The Morgan fingerprint density at radius 3 is 2.81 bits per heavy atom. The minimum atomic E-state index is -1.17. The van der Waals surface area contributed by atoms with E-state index >= 15 is 0 Å². The van der Waals surface area contributed by atoms with Gasteiger partial charge in [0.1, 0.15) is 11.6 Å². The summed E-state index contributed by atoms with van der Waals surface area (Å²) in [6.07, 6.45) is 0.301. The van der Waals surface area contributed by atoms with Crippen molar-refractivity contribution >= 4 is 40.1 Å². The molecule has 0 fully saturated rings. The fourth-order valence-corrected chi connectivity index (χ4v) is 2.96. The van der Waals surface area contributed by atoms with Gasteiger partial charge in [-0.05, 0) is 25.1 Å². The number of benzene rings is 1. The Morgan fingerprint density at radius 2 is 2.11 bits per heavy atom. The first-order chi connectivity index (χ1) is 12.9. The van der Waals surface area contributed by atoms with E-state index in [1.54, 1.807) is 31.2 Å². The smallest absolute Gasteiger partial charge is 0.409 e. The Morgan fingerprint density at radius 1 is 1.33 bits per heavy atom.